The molecule has 0 saturated heterocycles. The molecule has 34 heavy (non-hydrogen) atoms. The van der Waals surface area contributed by atoms with Gasteiger partial charge in [0.1, 0.15) is 12.1 Å². The van der Waals surface area contributed by atoms with Crippen molar-refractivity contribution in [2.24, 2.45) is 11.8 Å². The van der Waals surface area contributed by atoms with Crippen LogP contribution in [-0.2, 0) is 20.8 Å². The van der Waals surface area contributed by atoms with Crippen LogP contribution in [0.2, 0.25) is 0 Å². The molecule has 0 aliphatic rings. The zero-order chi connectivity index (χ0) is 25.7. The lowest BCUT2D eigenvalue weighted by atomic mass is 9.99. The molecule has 0 radical (unpaired) electrons. The van der Waals surface area contributed by atoms with E-state index in [0.29, 0.717) is 31.6 Å². The average Bonchev–Trinajstić information content (AvgIpc) is 2.75. The van der Waals surface area contributed by atoms with Crippen molar-refractivity contribution in [2.75, 3.05) is 0 Å². The molecule has 0 saturated carbocycles. The standard InChI is InChI=1S/C27H45N3O4/c1-7-8-14-22(26(33)30-23(20(6)31)15-18(2)3)29-27(34)24(28-25(32)16-19(4)5)17-21-12-10-9-11-13-21/h9-13,18-20,22-24,31H,7-8,14-17H2,1-6H3,(H,28,32)(H,29,34)(H,30,33)/t20-,22-,23-,24-/m0/s1. The molecule has 0 bridgehead atoms. The van der Waals surface area contributed by atoms with Crippen molar-refractivity contribution < 1.29 is 19.5 Å². The third-order valence-electron chi connectivity index (χ3n) is 5.64. The molecule has 0 aliphatic carbocycles. The predicted molar refractivity (Wildman–Crippen MR) is 136 cm³/mol. The third-order valence-corrected chi connectivity index (χ3v) is 5.64. The van der Waals surface area contributed by atoms with Crippen LogP contribution in [-0.4, -0.2) is 47.1 Å². The summed E-state index contributed by atoms with van der Waals surface area (Å²) in [7, 11) is 0. The quantitative estimate of drug-likeness (QED) is 0.312. The Morgan fingerprint density at radius 1 is 0.853 bits per heavy atom. The first kappa shape index (κ1) is 29.6. The van der Waals surface area contributed by atoms with Gasteiger partial charge in [-0.15, -0.1) is 0 Å². The molecule has 4 atom stereocenters. The number of hydrogen-bond acceptors (Lipinski definition) is 4. The van der Waals surface area contributed by atoms with Crippen LogP contribution in [0.3, 0.4) is 0 Å². The Labute approximate surface area is 205 Å². The second-order valence-electron chi connectivity index (χ2n) is 10.1. The van der Waals surface area contributed by atoms with Gasteiger partial charge in [-0.3, -0.25) is 14.4 Å². The van der Waals surface area contributed by atoms with Crippen LogP contribution in [0.1, 0.15) is 79.2 Å². The molecule has 7 nitrogen and oxygen atoms in total. The van der Waals surface area contributed by atoms with E-state index in [1.807, 2.05) is 65.0 Å². The molecule has 1 aromatic rings. The van der Waals surface area contributed by atoms with E-state index in [-0.39, 0.29) is 29.7 Å². The Hall–Kier alpha value is -2.41. The number of aliphatic hydroxyl groups is 1. The van der Waals surface area contributed by atoms with E-state index in [1.165, 1.54) is 0 Å². The molecule has 0 aliphatic heterocycles. The summed E-state index contributed by atoms with van der Waals surface area (Å²) >= 11 is 0. The Morgan fingerprint density at radius 3 is 2.00 bits per heavy atom. The highest BCUT2D eigenvalue weighted by atomic mass is 16.3. The molecular formula is C27H45N3O4. The van der Waals surface area contributed by atoms with Gasteiger partial charge in [-0.1, -0.05) is 77.8 Å². The topological polar surface area (TPSA) is 108 Å². The zero-order valence-electron chi connectivity index (χ0n) is 21.8. The highest BCUT2D eigenvalue weighted by molar-refractivity contribution is 5.92. The van der Waals surface area contributed by atoms with E-state index >= 15 is 0 Å². The van der Waals surface area contributed by atoms with Gasteiger partial charge in [0.2, 0.25) is 17.7 Å². The van der Waals surface area contributed by atoms with Crippen LogP contribution in [0, 0.1) is 11.8 Å². The van der Waals surface area contributed by atoms with Gasteiger partial charge < -0.3 is 21.1 Å². The Bertz CT molecular complexity index is 750. The van der Waals surface area contributed by atoms with Crippen molar-refractivity contribution in [3.05, 3.63) is 35.9 Å². The minimum absolute atomic E-state index is 0.168. The second-order valence-corrected chi connectivity index (χ2v) is 10.1. The molecule has 4 N–H and O–H groups in total. The number of unbranched alkanes of at least 4 members (excludes halogenated alkanes) is 1. The number of rotatable bonds is 15. The number of benzene rings is 1. The molecule has 0 fully saturated rings. The van der Waals surface area contributed by atoms with Crippen molar-refractivity contribution in [1.29, 1.82) is 0 Å². The van der Waals surface area contributed by atoms with Gasteiger partial charge in [-0.05, 0) is 37.2 Å². The van der Waals surface area contributed by atoms with Crippen LogP contribution in [0.4, 0.5) is 0 Å². The Kier molecular flexibility index (Phi) is 13.5. The number of nitrogens with one attached hydrogen (secondary N) is 3. The maximum atomic E-state index is 13.3. The lowest BCUT2D eigenvalue weighted by Crippen LogP contribution is -2.56. The first-order valence-electron chi connectivity index (χ1n) is 12.7. The molecular weight excluding hydrogens is 430 g/mol. The van der Waals surface area contributed by atoms with Crippen molar-refractivity contribution >= 4 is 17.7 Å². The third kappa shape index (κ3) is 11.6. The first-order valence-corrected chi connectivity index (χ1v) is 12.7. The SMILES string of the molecule is CCCC[C@H](NC(=O)[C@H](Cc1ccccc1)NC(=O)CC(C)C)C(=O)N[C@@H](CC(C)C)[C@H](C)O. The van der Waals surface area contributed by atoms with E-state index < -0.39 is 18.2 Å². The van der Waals surface area contributed by atoms with Gasteiger partial charge in [0, 0.05) is 12.8 Å². The van der Waals surface area contributed by atoms with Gasteiger partial charge in [0.05, 0.1) is 12.1 Å². The zero-order valence-corrected chi connectivity index (χ0v) is 21.8. The number of carbonyl (C=O) groups excluding carboxylic acids is 3. The maximum absolute atomic E-state index is 13.3. The monoisotopic (exact) mass is 475 g/mol. The number of carbonyl (C=O) groups is 3. The Balaban J connectivity index is 3.01. The summed E-state index contributed by atoms with van der Waals surface area (Å²) in [5.74, 6) is -0.404. The van der Waals surface area contributed by atoms with Crippen molar-refractivity contribution in [2.45, 2.75) is 104 Å². The van der Waals surface area contributed by atoms with Crippen molar-refractivity contribution in [3.63, 3.8) is 0 Å². The average molecular weight is 476 g/mol. The minimum Gasteiger partial charge on any atom is -0.391 e. The van der Waals surface area contributed by atoms with Gasteiger partial charge >= 0.3 is 0 Å². The molecule has 192 valence electrons. The molecule has 0 unspecified atom stereocenters. The molecule has 7 heteroatoms. The fourth-order valence-electron chi connectivity index (χ4n) is 3.80. The van der Waals surface area contributed by atoms with E-state index in [1.54, 1.807) is 6.92 Å². The summed E-state index contributed by atoms with van der Waals surface area (Å²) in [5.41, 5.74) is 0.924. The lowest BCUT2D eigenvalue weighted by molar-refractivity contribution is -0.132. The van der Waals surface area contributed by atoms with Crippen LogP contribution in [0.15, 0.2) is 30.3 Å². The lowest BCUT2D eigenvalue weighted by Gasteiger charge is -2.28. The summed E-state index contributed by atoms with van der Waals surface area (Å²) in [6.45, 7) is 11.7. The molecule has 1 aromatic carbocycles. The van der Waals surface area contributed by atoms with Crippen LogP contribution in [0.5, 0.6) is 0 Å². The fraction of sp³-hybridized carbons (Fsp3) is 0.667. The fourth-order valence-corrected chi connectivity index (χ4v) is 3.80. The van der Waals surface area contributed by atoms with Gasteiger partial charge in [0.15, 0.2) is 0 Å². The highest BCUT2D eigenvalue weighted by Gasteiger charge is 2.29. The molecule has 1 rings (SSSR count). The summed E-state index contributed by atoms with van der Waals surface area (Å²) in [5, 5.41) is 18.8. The second kappa shape index (κ2) is 15.5. The summed E-state index contributed by atoms with van der Waals surface area (Å²) in [6.07, 6.45) is 2.73. The molecule has 0 spiro atoms. The van der Waals surface area contributed by atoms with Crippen molar-refractivity contribution in [1.82, 2.24) is 16.0 Å². The van der Waals surface area contributed by atoms with Crippen molar-refractivity contribution in [3.8, 4) is 0 Å². The van der Waals surface area contributed by atoms with E-state index in [4.69, 9.17) is 0 Å². The van der Waals surface area contributed by atoms with Gasteiger partial charge in [-0.25, -0.2) is 0 Å². The normalized spacial score (nSPS) is 14.9. The van der Waals surface area contributed by atoms with Crippen LogP contribution in [0.25, 0.3) is 0 Å². The molecule has 0 aromatic heterocycles. The summed E-state index contributed by atoms with van der Waals surface area (Å²) < 4.78 is 0. The Morgan fingerprint density at radius 2 is 1.47 bits per heavy atom. The van der Waals surface area contributed by atoms with E-state index in [2.05, 4.69) is 16.0 Å². The predicted octanol–water partition coefficient (Wildman–Crippen LogP) is 3.35. The summed E-state index contributed by atoms with van der Waals surface area (Å²) in [4.78, 5) is 38.9. The number of hydrogen-bond donors (Lipinski definition) is 4. The van der Waals surface area contributed by atoms with E-state index in [9.17, 15) is 19.5 Å². The number of aliphatic hydroxyl groups excluding tert-OH is 1. The van der Waals surface area contributed by atoms with E-state index in [0.717, 1.165) is 18.4 Å². The van der Waals surface area contributed by atoms with Gasteiger partial charge in [0.25, 0.3) is 0 Å². The first-order chi connectivity index (χ1) is 16.0. The van der Waals surface area contributed by atoms with Crippen LogP contribution >= 0.6 is 0 Å². The minimum atomic E-state index is -0.784. The summed E-state index contributed by atoms with van der Waals surface area (Å²) in [6, 6.07) is 7.60. The molecule has 0 heterocycles. The highest BCUT2D eigenvalue weighted by Crippen LogP contribution is 2.11. The molecule has 3 amide bonds. The largest absolute Gasteiger partial charge is 0.391 e. The smallest absolute Gasteiger partial charge is 0.243 e. The van der Waals surface area contributed by atoms with Gasteiger partial charge in [-0.2, -0.15) is 0 Å². The number of amides is 3. The maximum Gasteiger partial charge on any atom is 0.243 e. The van der Waals surface area contributed by atoms with Crippen LogP contribution < -0.4 is 16.0 Å².